The zero-order chi connectivity index (χ0) is 13.2. The summed E-state index contributed by atoms with van der Waals surface area (Å²) in [6.07, 6.45) is 14.4. The monoisotopic (exact) mass is 248 g/mol. The van der Waals surface area contributed by atoms with E-state index in [0.717, 1.165) is 13.1 Å². The molecule has 18 heavy (non-hydrogen) atoms. The molecule has 1 aliphatic rings. The van der Waals surface area contributed by atoms with E-state index in [0.29, 0.717) is 0 Å². The van der Waals surface area contributed by atoms with Gasteiger partial charge in [-0.1, -0.05) is 5.92 Å². The second-order valence-electron chi connectivity index (χ2n) is 4.14. The van der Waals surface area contributed by atoms with Gasteiger partial charge in [0.2, 0.25) is 0 Å². The first-order valence-electron chi connectivity index (χ1n) is 6.26. The van der Waals surface area contributed by atoms with Gasteiger partial charge in [0, 0.05) is 19.6 Å². The number of piperidine rings is 1. The number of allylic oxidation sites excluding steroid dienone is 2. The lowest BCUT2D eigenvalue weighted by atomic mass is 10.1. The summed E-state index contributed by atoms with van der Waals surface area (Å²) in [4.78, 5) is 13.8. The van der Waals surface area contributed by atoms with Crippen molar-refractivity contribution in [3.63, 3.8) is 0 Å². The maximum absolute atomic E-state index is 11.5. The van der Waals surface area contributed by atoms with E-state index in [-0.39, 0.29) is 24.6 Å². The van der Waals surface area contributed by atoms with Crippen LogP contribution in [0.25, 0.3) is 0 Å². The van der Waals surface area contributed by atoms with Crippen molar-refractivity contribution in [2.45, 2.75) is 19.3 Å². The number of rotatable bonds is 5. The number of aliphatic hydroxyl groups excluding tert-OH is 1. The topological polar surface area (TPSA) is 52.6 Å². The van der Waals surface area contributed by atoms with Crippen LogP contribution in [0.4, 0.5) is 0 Å². The molecule has 0 spiro atoms. The Labute approximate surface area is 108 Å². The van der Waals surface area contributed by atoms with Crippen LogP contribution < -0.4 is 5.32 Å². The van der Waals surface area contributed by atoms with Crippen molar-refractivity contribution < 1.29 is 9.90 Å². The lowest BCUT2D eigenvalue weighted by Gasteiger charge is -2.24. The van der Waals surface area contributed by atoms with Gasteiger partial charge >= 0.3 is 0 Å². The number of likely N-dealkylation sites (tertiary alicyclic amines) is 1. The number of amides is 1. The molecule has 0 aromatic heterocycles. The molecule has 1 fully saturated rings. The molecular weight excluding hydrogens is 228 g/mol. The van der Waals surface area contributed by atoms with Gasteiger partial charge in [-0.25, -0.2) is 0 Å². The lowest BCUT2D eigenvalue weighted by molar-refractivity contribution is -0.117. The Morgan fingerprint density at radius 2 is 2.11 bits per heavy atom. The predicted octanol–water partition coefficient (Wildman–Crippen LogP) is 0.654. The van der Waals surface area contributed by atoms with Crippen LogP contribution >= 0.6 is 0 Å². The van der Waals surface area contributed by atoms with Crippen LogP contribution in [0.3, 0.4) is 0 Å². The van der Waals surface area contributed by atoms with Crippen molar-refractivity contribution in [2.75, 3.05) is 26.2 Å². The highest BCUT2D eigenvalue weighted by Crippen LogP contribution is 2.08. The quantitative estimate of drug-likeness (QED) is 0.427. The minimum atomic E-state index is -0.324. The third-order valence-corrected chi connectivity index (χ3v) is 2.75. The number of carbonyl (C=O) groups is 1. The average Bonchev–Trinajstić information content (AvgIpc) is 2.42. The Balaban J connectivity index is 2.48. The van der Waals surface area contributed by atoms with Gasteiger partial charge in [-0.2, -0.15) is 0 Å². The number of terminal acetylenes is 1. The van der Waals surface area contributed by atoms with Crippen molar-refractivity contribution in [2.24, 2.45) is 0 Å². The molecule has 0 bridgehead atoms. The van der Waals surface area contributed by atoms with Crippen molar-refractivity contribution in [1.29, 1.82) is 0 Å². The van der Waals surface area contributed by atoms with E-state index < -0.39 is 0 Å². The van der Waals surface area contributed by atoms with Crippen LogP contribution in [0.1, 0.15) is 19.3 Å². The molecule has 0 saturated carbocycles. The van der Waals surface area contributed by atoms with Crippen molar-refractivity contribution in [1.82, 2.24) is 10.2 Å². The maximum atomic E-state index is 11.5. The van der Waals surface area contributed by atoms with Crippen LogP contribution in [0.15, 0.2) is 23.9 Å². The smallest absolute Gasteiger partial charge is 0.259 e. The Hall–Kier alpha value is -1.73. The fourth-order valence-electron chi connectivity index (χ4n) is 1.78. The normalized spacial score (nSPS) is 16.7. The number of carbonyl (C=O) groups excluding carboxylic acids is 1. The number of hydrogen-bond donors (Lipinski definition) is 2. The van der Waals surface area contributed by atoms with Crippen LogP contribution in [0.2, 0.25) is 0 Å². The maximum Gasteiger partial charge on any atom is 0.259 e. The molecule has 1 amide bonds. The number of nitrogens with zero attached hydrogens (tertiary/aromatic N) is 1. The number of nitrogens with one attached hydrogen (secondary N) is 1. The fraction of sp³-hybridized carbons (Fsp3) is 0.500. The molecule has 4 nitrogen and oxygen atoms in total. The number of aliphatic hydroxyl groups is 1. The molecule has 0 radical (unpaired) electrons. The second-order valence-corrected chi connectivity index (χ2v) is 4.14. The summed E-state index contributed by atoms with van der Waals surface area (Å²) >= 11 is 0. The van der Waals surface area contributed by atoms with Crippen LogP contribution in [-0.4, -0.2) is 42.2 Å². The third kappa shape index (κ3) is 5.07. The van der Waals surface area contributed by atoms with Crippen molar-refractivity contribution in [3.05, 3.63) is 23.9 Å². The first-order valence-corrected chi connectivity index (χ1v) is 6.26. The van der Waals surface area contributed by atoms with Gasteiger partial charge < -0.3 is 15.3 Å². The summed E-state index contributed by atoms with van der Waals surface area (Å²) in [5, 5.41) is 11.1. The van der Waals surface area contributed by atoms with Gasteiger partial charge in [0.25, 0.3) is 5.91 Å². The van der Waals surface area contributed by atoms with E-state index in [4.69, 9.17) is 11.5 Å². The van der Waals surface area contributed by atoms with Crippen LogP contribution in [0, 0.1) is 12.3 Å². The largest absolute Gasteiger partial charge is 0.395 e. The van der Waals surface area contributed by atoms with Crippen molar-refractivity contribution >= 4 is 5.91 Å². The highest BCUT2D eigenvalue weighted by molar-refractivity contribution is 5.97. The second kappa shape index (κ2) is 8.37. The van der Waals surface area contributed by atoms with Gasteiger partial charge in [-0.05, 0) is 37.6 Å². The molecule has 0 aliphatic carbocycles. The molecule has 1 aliphatic heterocycles. The first-order chi connectivity index (χ1) is 8.77. The first kappa shape index (κ1) is 14.3. The lowest BCUT2D eigenvalue weighted by Crippen LogP contribution is -2.27. The summed E-state index contributed by atoms with van der Waals surface area (Å²) in [5.74, 6) is 2.02. The van der Waals surface area contributed by atoms with Gasteiger partial charge in [0.15, 0.2) is 0 Å². The minimum Gasteiger partial charge on any atom is -0.395 e. The molecule has 0 unspecified atom stereocenters. The molecule has 4 heteroatoms. The Kier molecular flexibility index (Phi) is 6.67. The summed E-state index contributed by atoms with van der Waals surface area (Å²) in [7, 11) is 0. The van der Waals surface area contributed by atoms with Gasteiger partial charge in [-0.3, -0.25) is 4.79 Å². The van der Waals surface area contributed by atoms with Crippen molar-refractivity contribution in [3.8, 4) is 12.3 Å². The molecule has 1 saturated heterocycles. The van der Waals surface area contributed by atoms with Gasteiger partial charge in [-0.15, -0.1) is 6.42 Å². The Morgan fingerprint density at radius 3 is 2.72 bits per heavy atom. The Morgan fingerprint density at radius 1 is 1.39 bits per heavy atom. The fourth-order valence-corrected chi connectivity index (χ4v) is 1.78. The van der Waals surface area contributed by atoms with E-state index >= 15 is 0 Å². The predicted molar refractivity (Wildman–Crippen MR) is 71.6 cm³/mol. The molecule has 0 atom stereocenters. The average molecular weight is 248 g/mol. The standard InChI is InChI=1S/C14H20N2O2/c1-2-13(14(18)15-8-12-17)7-6-11-16-9-4-3-5-10-16/h1,6-7,11,17H,3-5,8-10,12H2,(H,15,18). The van der Waals surface area contributed by atoms with E-state index in [2.05, 4.69) is 16.1 Å². The molecule has 98 valence electrons. The zero-order valence-electron chi connectivity index (χ0n) is 10.6. The summed E-state index contributed by atoms with van der Waals surface area (Å²) in [6.45, 7) is 2.25. The SMILES string of the molecule is C#CC(=CC=CN1CCCCC1)C(=O)NCCO. The summed E-state index contributed by atoms with van der Waals surface area (Å²) in [6, 6.07) is 0. The highest BCUT2D eigenvalue weighted by atomic mass is 16.3. The highest BCUT2D eigenvalue weighted by Gasteiger charge is 2.06. The molecule has 1 heterocycles. The minimum absolute atomic E-state index is 0.0901. The van der Waals surface area contributed by atoms with E-state index in [1.807, 2.05) is 6.20 Å². The molecule has 0 aromatic carbocycles. The molecule has 0 aromatic rings. The molecule has 2 N–H and O–H groups in total. The van der Waals surface area contributed by atoms with E-state index in [1.165, 1.54) is 19.3 Å². The number of hydrogen-bond acceptors (Lipinski definition) is 3. The molecular formula is C14H20N2O2. The van der Waals surface area contributed by atoms with Gasteiger partial charge in [0.1, 0.15) is 0 Å². The third-order valence-electron chi connectivity index (χ3n) is 2.75. The zero-order valence-corrected chi connectivity index (χ0v) is 10.6. The summed E-state index contributed by atoms with van der Waals surface area (Å²) < 4.78 is 0. The van der Waals surface area contributed by atoms with Gasteiger partial charge in [0.05, 0.1) is 12.2 Å². The van der Waals surface area contributed by atoms with Crippen LogP contribution in [0.5, 0.6) is 0 Å². The van der Waals surface area contributed by atoms with E-state index in [1.54, 1.807) is 12.2 Å². The van der Waals surface area contributed by atoms with Crippen LogP contribution in [-0.2, 0) is 4.79 Å². The summed E-state index contributed by atoms with van der Waals surface area (Å²) in [5.41, 5.74) is 0.275. The van der Waals surface area contributed by atoms with E-state index in [9.17, 15) is 4.79 Å². The molecule has 1 rings (SSSR count). The Bertz CT molecular complexity index is 360.